The van der Waals surface area contributed by atoms with E-state index in [-0.39, 0.29) is 0 Å². The Balaban J connectivity index is 0.000000165. The SMILES string of the molecule is O=C(O)c1ccccc1.OCCCC1CO1. The van der Waals surface area contributed by atoms with E-state index < -0.39 is 5.97 Å². The van der Waals surface area contributed by atoms with Crippen LogP contribution in [0.5, 0.6) is 0 Å². The van der Waals surface area contributed by atoms with Crippen LogP contribution in [0.25, 0.3) is 0 Å². The van der Waals surface area contributed by atoms with Crippen molar-refractivity contribution in [2.45, 2.75) is 18.9 Å². The van der Waals surface area contributed by atoms with Crippen molar-refractivity contribution < 1.29 is 19.7 Å². The summed E-state index contributed by atoms with van der Waals surface area (Å²) in [4.78, 5) is 10.2. The third-order valence-electron chi connectivity index (χ3n) is 2.11. The molecule has 1 aliphatic heterocycles. The molecular weight excluding hydrogens is 208 g/mol. The minimum atomic E-state index is -0.879. The maximum atomic E-state index is 10.2. The van der Waals surface area contributed by atoms with Crippen molar-refractivity contribution in [1.82, 2.24) is 0 Å². The lowest BCUT2D eigenvalue weighted by Crippen LogP contribution is -1.93. The lowest BCUT2D eigenvalue weighted by molar-refractivity contribution is 0.0697. The van der Waals surface area contributed by atoms with E-state index in [0.29, 0.717) is 18.3 Å². The Labute approximate surface area is 94.5 Å². The van der Waals surface area contributed by atoms with Crippen LogP contribution in [0.4, 0.5) is 0 Å². The topological polar surface area (TPSA) is 70.1 Å². The van der Waals surface area contributed by atoms with Gasteiger partial charge in [-0.25, -0.2) is 4.79 Å². The fourth-order valence-electron chi connectivity index (χ4n) is 1.13. The van der Waals surface area contributed by atoms with Crippen molar-refractivity contribution >= 4 is 5.97 Å². The van der Waals surface area contributed by atoms with Crippen molar-refractivity contribution in [2.24, 2.45) is 0 Å². The number of rotatable bonds is 4. The summed E-state index contributed by atoms with van der Waals surface area (Å²) >= 11 is 0. The average Bonchev–Trinajstić information content (AvgIpc) is 3.12. The molecule has 0 bridgehead atoms. The van der Waals surface area contributed by atoms with Gasteiger partial charge in [-0.2, -0.15) is 0 Å². The minimum absolute atomic E-state index is 0.305. The van der Waals surface area contributed by atoms with Crippen molar-refractivity contribution in [3.05, 3.63) is 35.9 Å². The second-order valence-electron chi connectivity index (χ2n) is 3.49. The van der Waals surface area contributed by atoms with E-state index in [0.717, 1.165) is 19.4 Å². The predicted octanol–water partition coefficient (Wildman–Crippen LogP) is 1.54. The summed E-state index contributed by atoms with van der Waals surface area (Å²) in [6.07, 6.45) is 2.42. The first-order chi connectivity index (χ1) is 7.74. The van der Waals surface area contributed by atoms with Crippen LogP contribution in [-0.4, -0.2) is 35.5 Å². The Hall–Kier alpha value is -1.39. The summed E-state index contributed by atoms with van der Waals surface area (Å²) in [6.45, 7) is 1.22. The Morgan fingerprint density at radius 3 is 2.38 bits per heavy atom. The highest BCUT2D eigenvalue weighted by atomic mass is 16.6. The molecule has 4 heteroatoms. The Bertz CT molecular complexity index is 306. The summed E-state index contributed by atoms with van der Waals surface area (Å²) in [5.41, 5.74) is 0.331. The number of carbonyl (C=O) groups is 1. The van der Waals surface area contributed by atoms with Gasteiger partial charge in [0, 0.05) is 6.61 Å². The number of carboxylic acid groups (broad SMARTS) is 1. The monoisotopic (exact) mass is 224 g/mol. The third-order valence-corrected chi connectivity index (χ3v) is 2.11. The highest BCUT2D eigenvalue weighted by Gasteiger charge is 2.20. The number of hydrogen-bond donors (Lipinski definition) is 2. The van der Waals surface area contributed by atoms with Crippen LogP contribution in [0.1, 0.15) is 23.2 Å². The molecule has 1 saturated heterocycles. The van der Waals surface area contributed by atoms with Gasteiger partial charge in [-0.1, -0.05) is 18.2 Å². The minimum Gasteiger partial charge on any atom is -0.478 e. The zero-order valence-electron chi connectivity index (χ0n) is 9.00. The molecular formula is C12H16O4. The standard InChI is InChI=1S/C7H6O2.C5H10O2/c8-7(9)6-4-2-1-3-5-6;6-3-1-2-5-4-7-5/h1-5H,(H,8,9);5-6H,1-4H2. The molecule has 1 atom stereocenters. The zero-order valence-corrected chi connectivity index (χ0v) is 9.00. The number of benzene rings is 1. The van der Waals surface area contributed by atoms with Crippen molar-refractivity contribution in [3.8, 4) is 0 Å². The van der Waals surface area contributed by atoms with Gasteiger partial charge in [0.15, 0.2) is 0 Å². The summed E-state index contributed by atoms with van der Waals surface area (Å²) < 4.78 is 4.90. The first kappa shape index (κ1) is 12.7. The maximum absolute atomic E-state index is 10.2. The molecule has 88 valence electrons. The van der Waals surface area contributed by atoms with Crippen LogP contribution >= 0.6 is 0 Å². The first-order valence-electron chi connectivity index (χ1n) is 5.25. The Morgan fingerprint density at radius 1 is 1.38 bits per heavy atom. The van der Waals surface area contributed by atoms with E-state index in [9.17, 15) is 4.79 Å². The largest absolute Gasteiger partial charge is 0.478 e. The fraction of sp³-hybridized carbons (Fsp3) is 0.417. The number of epoxide rings is 1. The number of hydrogen-bond acceptors (Lipinski definition) is 3. The number of aliphatic hydroxyl groups excluding tert-OH is 1. The summed E-state index contributed by atoms with van der Waals surface area (Å²) in [5, 5.41) is 16.7. The van der Waals surface area contributed by atoms with Gasteiger partial charge < -0.3 is 14.9 Å². The molecule has 1 heterocycles. The molecule has 0 spiro atoms. The molecule has 1 aromatic carbocycles. The van der Waals surface area contributed by atoms with E-state index in [1.165, 1.54) is 0 Å². The van der Waals surface area contributed by atoms with Gasteiger partial charge >= 0.3 is 5.97 Å². The molecule has 0 aromatic heterocycles. The van der Waals surface area contributed by atoms with Gasteiger partial charge in [0.2, 0.25) is 0 Å². The third kappa shape index (κ3) is 5.48. The number of aliphatic hydroxyl groups is 1. The molecule has 16 heavy (non-hydrogen) atoms. The van der Waals surface area contributed by atoms with Crippen LogP contribution in [0.2, 0.25) is 0 Å². The lowest BCUT2D eigenvalue weighted by Gasteiger charge is -1.88. The van der Waals surface area contributed by atoms with Gasteiger partial charge in [-0.15, -0.1) is 0 Å². The molecule has 1 unspecified atom stereocenters. The number of carboxylic acids is 1. The Morgan fingerprint density at radius 2 is 2.00 bits per heavy atom. The first-order valence-corrected chi connectivity index (χ1v) is 5.25. The smallest absolute Gasteiger partial charge is 0.335 e. The second kappa shape index (κ2) is 6.98. The average molecular weight is 224 g/mol. The highest BCUT2D eigenvalue weighted by Crippen LogP contribution is 2.14. The molecule has 4 nitrogen and oxygen atoms in total. The van der Waals surface area contributed by atoms with Crippen LogP contribution < -0.4 is 0 Å². The molecule has 1 fully saturated rings. The van der Waals surface area contributed by atoms with Crippen molar-refractivity contribution in [2.75, 3.05) is 13.2 Å². The van der Waals surface area contributed by atoms with Crippen LogP contribution in [0, 0.1) is 0 Å². The summed E-state index contributed by atoms with van der Waals surface area (Å²) in [5.74, 6) is -0.879. The van der Waals surface area contributed by atoms with E-state index >= 15 is 0 Å². The van der Waals surface area contributed by atoms with Crippen molar-refractivity contribution in [1.29, 1.82) is 0 Å². The van der Waals surface area contributed by atoms with Gasteiger partial charge in [0.1, 0.15) is 0 Å². The highest BCUT2D eigenvalue weighted by molar-refractivity contribution is 5.87. The molecule has 0 saturated carbocycles. The normalized spacial score (nSPS) is 17.2. The zero-order chi connectivity index (χ0) is 11.8. The van der Waals surface area contributed by atoms with Crippen molar-refractivity contribution in [3.63, 3.8) is 0 Å². The summed E-state index contributed by atoms with van der Waals surface area (Å²) in [7, 11) is 0. The lowest BCUT2D eigenvalue weighted by atomic mass is 10.2. The fourth-order valence-corrected chi connectivity index (χ4v) is 1.13. The van der Waals surface area contributed by atoms with Gasteiger partial charge in [-0.05, 0) is 25.0 Å². The quantitative estimate of drug-likeness (QED) is 0.761. The van der Waals surface area contributed by atoms with E-state index in [1.54, 1.807) is 30.3 Å². The van der Waals surface area contributed by atoms with Gasteiger partial charge in [0.25, 0.3) is 0 Å². The molecule has 0 amide bonds. The number of ether oxygens (including phenoxy) is 1. The summed E-state index contributed by atoms with van der Waals surface area (Å²) in [6, 6.07) is 8.30. The Kier molecular flexibility index (Phi) is 5.53. The molecule has 0 aliphatic carbocycles. The predicted molar refractivity (Wildman–Crippen MR) is 59.5 cm³/mol. The van der Waals surface area contributed by atoms with Gasteiger partial charge in [0.05, 0.1) is 18.3 Å². The van der Waals surface area contributed by atoms with Crippen LogP contribution in [0.15, 0.2) is 30.3 Å². The maximum Gasteiger partial charge on any atom is 0.335 e. The number of aromatic carboxylic acids is 1. The van der Waals surface area contributed by atoms with E-state index in [1.807, 2.05) is 0 Å². The molecule has 2 rings (SSSR count). The molecule has 0 radical (unpaired) electrons. The van der Waals surface area contributed by atoms with Crippen LogP contribution in [-0.2, 0) is 4.74 Å². The van der Waals surface area contributed by atoms with E-state index in [4.69, 9.17) is 14.9 Å². The van der Waals surface area contributed by atoms with Gasteiger partial charge in [-0.3, -0.25) is 0 Å². The molecule has 2 N–H and O–H groups in total. The second-order valence-corrected chi connectivity index (χ2v) is 3.49. The van der Waals surface area contributed by atoms with E-state index in [2.05, 4.69) is 0 Å². The van der Waals surface area contributed by atoms with Crippen LogP contribution in [0.3, 0.4) is 0 Å². The molecule has 1 aliphatic rings. The molecule has 1 aromatic rings.